The zero-order valence-corrected chi connectivity index (χ0v) is 17.9. The van der Waals surface area contributed by atoms with Crippen molar-refractivity contribution in [1.82, 2.24) is 0 Å². The molecule has 0 heterocycles. The van der Waals surface area contributed by atoms with E-state index in [1.165, 1.54) is 12.1 Å². The molecule has 1 aliphatic rings. The van der Waals surface area contributed by atoms with Gasteiger partial charge in [-0.3, -0.25) is 14.1 Å². The standard InChI is InChI=1S/C21H20F3N3O5S/c22-21(23,24)13-6-8-14(9-7-13)26-18-15(27-33(30)31)10-11-16(17(18)19(25)28)32-20(29)12-4-2-1-3-5-12/h4,6-11,26-27H,1-3,5H2,(H2,25,28)(H,30,31). The topological polar surface area (TPSA) is 131 Å². The van der Waals surface area contributed by atoms with Crippen LogP contribution in [0.4, 0.5) is 30.2 Å². The fourth-order valence-corrected chi connectivity index (χ4v) is 3.66. The molecule has 1 amide bonds. The minimum Gasteiger partial charge on any atom is -0.422 e. The molecule has 0 bridgehead atoms. The van der Waals surface area contributed by atoms with Crippen LogP contribution in [0.25, 0.3) is 0 Å². The van der Waals surface area contributed by atoms with Gasteiger partial charge in [0.05, 0.1) is 16.9 Å². The highest BCUT2D eigenvalue weighted by molar-refractivity contribution is 7.80. The lowest BCUT2D eigenvalue weighted by atomic mass is 10.00. The number of nitrogens with two attached hydrogens (primary N) is 1. The van der Waals surface area contributed by atoms with Crippen LogP contribution in [-0.2, 0) is 22.2 Å². The number of rotatable bonds is 7. The van der Waals surface area contributed by atoms with Crippen LogP contribution in [0.1, 0.15) is 41.6 Å². The summed E-state index contributed by atoms with van der Waals surface area (Å²) in [6.45, 7) is 0. The number of allylic oxidation sites excluding steroid dienone is 1. The second-order valence-corrected chi connectivity index (χ2v) is 7.84. The number of benzene rings is 2. The van der Waals surface area contributed by atoms with Gasteiger partial charge in [0.1, 0.15) is 11.3 Å². The first-order valence-electron chi connectivity index (χ1n) is 9.76. The van der Waals surface area contributed by atoms with E-state index in [1.807, 2.05) is 0 Å². The minimum absolute atomic E-state index is 0.0683. The van der Waals surface area contributed by atoms with Crippen LogP contribution in [0, 0.1) is 0 Å². The summed E-state index contributed by atoms with van der Waals surface area (Å²) in [6.07, 6.45) is 0.212. The number of carbonyl (C=O) groups excluding carboxylic acids is 2. The zero-order chi connectivity index (χ0) is 24.2. The Morgan fingerprint density at radius 2 is 1.79 bits per heavy atom. The molecule has 0 spiro atoms. The number of esters is 1. The number of anilines is 3. The SMILES string of the molecule is NC(=O)c1c(OC(=O)C2=CCCCC2)ccc(NS(=O)O)c1Nc1ccc(C(F)(F)F)cc1. The molecule has 1 aliphatic carbocycles. The highest BCUT2D eigenvalue weighted by atomic mass is 32.2. The molecule has 1 unspecified atom stereocenters. The van der Waals surface area contributed by atoms with Crippen LogP contribution in [0.5, 0.6) is 5.75 Å². The number of hydrogen-bond acceptors (Lipinski definition) is 5. The molecular formula is C21H20F3N3O5S. The van der Waals surface area contributed by atoms with Gasteiger partial charge in [-0.2, -0.15) is 13.2 Å². The predicted octanol–water partition coefficient (Wildman–Crippen LogP) is 4.50. The first kappa shape index (κ1) is 24.3. The monoisotopic (exact) mass is 483 g/mol. The molecule has 0 fully saturated rings. The molecule has 33 heavy (non-hydrogen) atoms. The molecule has 176 valence electrons. The fraction of sp³-hybridized carbons (Fsp3) is 0.238. The Morgan fingerprint density at radius 1 is 1.09 bits per heavy atom. The molecule has 0 aromatic heterocycles. The van der Waals surface area contributed by atoms with Gasteiger partial charge in [-0.05, 0) is 62.1 Å². The van der Waals surface area contributed by atoms with Crippen LogP contribution in [0.15, 0.2) is 48.0 Å². The van der Waals surface area contributed by atoms with Gasteiger partial charge < -0.3 is 15.8 Å². The first-order valence-corrected chi connectivity index (χ1v) is 10.9. The lowest BCUT2D eigenvalue weighted by Gasteiger charge is -2.19. The Hall–Kier alpha value is -3.38. The second kappa shape index (κ2) is 10.0. The molecule has 0 saturated heterocycles. The van der Waals surface area contributed by atoms with E-state index in [0.29, 0.717) is 12.0 Å². The normalized spacial score (nSPS) is 14.7. The van der Waals surface area contributed by atoms with Gasteiger partial charge >= 0.3 is 12.1 Å². The van der Waals surface area contributed by atoms with Gasteiger partial charge in [-0.25, -0.2) is 9.00 Å². The summed E-state index contributed by atoms with van der Waals surface area (Å²) in [7, 11) is 0. The summed E-state index contributed by atoms with van der Waals surface area (Å²) in [5, 5.41) is 2.72. The van der Waals surface area contributed by atoms with Crippen LogP contribution >= 0.6 is 0 Å². The summed E-state index contributed by atoms with van der Waals surface area (Å²) >= 11 is -2.55. The number of primary amides is 1. The average molecular weight is 483 g/mol. The summed E-state index contributed by atoms with van der Waals surface area (Å²) in [5.74, 6) is -1.90. The first-order chi connectivity index (χ1) is 15.6. The van der Waals surface area contributed by atoms with E-state index in [4.69, 9.17) is 10.5 Å². The summed E-state index contributed by atoms with van der Waals surface area (Å²) in [6, 6.07) is 6.36. The summed E-state index contributed by atoms with van der Waals surface area (Å²) < 4.78 is 66.7. The van der Waals surface area contributed by atoms with Crippen molar-refractivity contribution in [2.24, 2.45) is 5.73 Å². The summed E-state index contributed by atoms with van der Waals surface area (Å²) in [5.41, 5.74) is 4.65. The van der Waals surface area contributed by atoms with Crippen molar-refractivity contribution in [3.05, 3.63) is 59.2 Å². The smallest absolute Gasteiger partial charge is 0.416 e. The largest absolute Gasteiger partial charge is 0.422 e. The van der Waals surface area contributed by atoms with Crippen molar-refractivity contribution in [2.45, 2.75) is 31.9 Å². The van der Waals surface area contributed by atoms with Crippen molar-refractivity contribution < 1.29 is 36.3 Å². The predicted molar refractivity (Wildman–Crippen MR) is 116 cm³/mol. The van der Waals surface area contributed by atoms with Crippen molar-refractivity contribution in [3.8, 4) is 5.75 Å². The molecule has 0 aliphatic heterocycles. The van der Waals surface area contributed by atoms with Crippen molar-refractivity contribution in [1.29, 1.82) is 0 Å². The maximum absolute atomic E-state index is 12.8. The fourth-order valence-electron chi connectivity index (χ4n) is 3.30. The van der Waals surface area contributed by atoms with E-state index in [1.54, 1.807) is 6.08 Å². The third-order valence-electron chi connectivity index (χ3n) is 4.85. The second-order valence-electron chi connectivity index (χ2n) is 7.14. The van der Waals surface area contributed by atoms with E-state index in [-0.39, 0.29) is 28.4 Å². The Kier molecular flexibility index (Phi) is 7.39. The quantitative estimate of drug-likeness (QED) is 0.261. The highest BCUT2D eigenvalue weighted by Crippen LogP contribution is 2.37. The van der Waals surface area contributed by atoms with Gasteiger partial charge in [0, 0.05) is 11.3 Å². The van der Waals surface area contributed by atoms with Gasteiger partial charge in [-0.15, -0.1) is 0 Å². The molecule has 3 rings (SSSR count). The molecule has 0 saturated carbocycles. The van der Waals surface area contributed by atoms with Gasteiger partial charge in [0.25, 0.3) is 17.2 Å². The van der Waals surface area contributed by atoms with Gasteiger partial charge in [0.15, 0.2) is 0 Å². The Labute approximate surface area is 189 Å². The molecule has 1 atom stereocenters. The molecule has 2 aromatic rings. The third kappa shape index (κ3) is 6.11. The van der Waals surface area contributed by atoms with Crippen molar-refractivity contribution in [3.63, 3.8) is 0 Å². The van der Waals surface area contributed by atoms with Crippen molar-refractivity contribution in [2.75, 3.05) is 10.0 Å². The van der Waals surface area contributed by atoms with E-state index >= 15 is 0 Å². The van der Waals surface area contributed by atoms with E-state index in [9.17, 15) is 31.5 Å². The number of hydrogen-bond donors (Lipinski definition) is 4. The highest BCUT2D eigenvalue weighted by Gasteiger charge is 2.30. The Morgan fingerprint density at radius 3 is 2.33 bits per heavy atom. The number of carbonyl (C=O) groups is 2. The lowest BCUT2D eigenvalue weighted by Crippen LogP contribution is -2.20. The van der Waals surface area contributed by atoms with Gasteiger partial charge in [0.2, 0.25) is 0 Å². The molecule has 8 nitrogen and oxygen atoms in total. The van der Waals surface area contributed by atoms with Crippen LogP contribution in [-0.4, -0.2) is 20.6 Å². The number of nitrogens with one attached hydrogen (secondary N) is 2. The van der Waals surface area contributed by atoms with Crippen LogP contribution in [0.2, 0.25) is 0 Å². The van der Waals surface area contributed by atoms with Crippen LogP contribution in [0.3, 0.4) is 0 Å². The molecule has 2 aromatic carbocycles. The van der Waals surface area contributed by atoms with E-state index < -0.39 is 34.9 Å². The van der Waals surface area contributed by atoms with E-state index in [0.717, 1.165) is 43.5 Å². The third-order valence-corrected chi connectivity index (χ3v) is 5.24. The minimum atomic E-state index is -4.54. The van der Waals surface area contributed by atoms with Gasteiger partial charge in [-0.1, -0.05) is 6.08 Å². The van der Waals surface area contributed by atoms with E-state index in [2.05, 4.69) is 10.0 Å². The Balaban J connectivity index is 2.02. The summed E-state index contributed by atoms with van der Waals surface area (Å²) in [4.78, 5) is 24.8. The molecule has 0 radical (unpaired) electrons. The maximum atomic E-state index is 12.8. The maximum Gasteiger partial charge on any atom is 0.416 e. The number of alkyl halides is 3. The number of ether oxygens (including phenoxy) is 1. The van der Waals surface area contributed by atoms with Crippen LogP contribution < -0.4 is 20.5 Å². The number of amides is 1. The zero-order valence-electron chi connectivity index (χ0n) is 17.1. The Bertz CT molecular complexity index is 1120. The lowest BCUT2D eigenvalue weighted by molar-refractivity contribution is -0.137. The molecule has 5 N–H and O–H groups in total. The number of halogens is 3. The average Bonchev–Trinajstić information content (AvgIpc) is 2.75. The van der Waals surface area contributed by atoms with Crippen molar-refractivity contribution >= 4 is 40.2 Å². The molecule has 12 heteroatoms. The molecular weight excluding hydrogens is 463 g/mol.